The number of morpholine rings is 1. The molecule has 1 aliphatic heterocycles. The molecular formula is C25H30N4O3S. The molecule has 1 aromatic carbocycles. The van der Waals surface area contributed by atoms with Crippen LogP contribution in [-0.2, 0) is 23.0 Å². The van der Waals surface area contributed by atoms with Crippen LogP contribution in [0.15, 0.2) is 30.3 Å². The highest BCUT2D eigenvalue weighted by Crippen LogP contribution is 2.40. The largest absolute Gasteiger partial charge is 0.378 e. The van der Waals surface area contributed by atoms with Crippen LogP contribution in [-0.4, -0.2) is 52.8 Å². The van der Waals surface area contributed by atoms with Gasteiger partial charge in [0.25, 0.3) is 5.91 Å². The first-order valence-corrected chi connectivity index (χ1v) is 12.0. The Hall–Kier alpha value is -2.97. The molecule has 4 rings (SSSR count). The number of carbonyl (C=O) groups is 2. The van der Waals surface area contributed by atoms with E-state index in [4.69, 9.17) is 4.74 Å². The Morgan fingerprint density at radius 1 is 1.12 bits per heavy atom. The fourth-order valence-electron chi connectivity index (χ4n) is 4.26. The molecular weight excluding hydrogens is 436 g/mol. The van der Waals surface area contributed by atoms with Crippen LogP contribution in [0.3, 0.4) is 0 Å². The summed E-state index contributed by atoms with van der Waals surface area (Å²) in [5, 5.41) is 8.11. The highest BCUT2D eigenvalue weighted by atomic mass is 32.1. The third-order valence-corrected chi connectivity index (χ3v) is 7.47. The van der Waals surface area contributed by atoms with Crippen LogP contribution in [0, 0.1) is 20.8 Å². The first-order valence-electron chi connectivity index (χ1n) is 11.2. The van der Waals surface area contributed by atoms with Crippen molar-refractivity contribution in [3.05, 3.63) is 58.4 Å². The van der Waals surface area contributed by atoms with Gasteiger partial charge in [0.2, 0.25) is 5.91 Å². The van der Waals surface area contributed by atoms with E-state index in [0.29, 0.717) is 49.7 Å². The van der Waals surface area contributed by atoms with E-state index in [2.05, 4.69) is 10.4 Å². The van der Waals surface area contributed by atoms with E-state index in [9.17, 15) is 9.59 Å². The number of hydrogen-bond acceptors (Lipinski definition) is 5. The summed E-state index contributed by atoms with van der Waals surface area (Å²) in [5.41, 5.74) is 5.65. The summed E-state index contributed by atoms with van der Waals surface area (Å²) in [6, 6.07) is 9.99. The first kappa shape index (κ1) is 23.2. The Morgan fingerprint density at radius 3 is 2.45 bits per heavy atom. The molecule has 0 saturated carbocycles. The average molecular weight is 467 g/mol. The summed E-state index contributed by atoms with van der Waals surface area (Å²) in [6.07, 6.45) is 0.941. The number of hydrogen-bond donors (Lipinski definition) is 1. The minimum Gasteiger partial charge on any atom is -0.378 e. The average Bonchev–Trinajstić information content (AvgIpc) is 3.27. The number of ether oxygens (including phenoxy) is 1. The predicted octanol–water partition coefficient (Wildman–Crippen LogP) is 4.12. The van der Waals surface area contributed by atoms with Crippen molar-refractivity contribution in [1.82, 2.24) is 14.7 Å². The van der Waals surface area contributed by atoms with Gasteiger partial charge in [-0.05, 0) is 43.9 Å². The minimum absolute atomic E-state index is 0.0523. The molecule has 0 unspecified atom stereocenters. The minimum atomic E-state index is -0.102. The third-order valence-electron chi connectivity index (χ3n) is 6.21. The zero-order valence-corrected chi connectivity index (χ0v) is 20.4. The predicted molar refractivity (Wildman–Crippen MR) is 131 cm³/mol. The van der Waals surface area contributed by atoms with Gasteiger partial charge in [-0.15, -0.1) is 11.3 Å². The van der Waals surface area contributed by atoms with Gasteiger partial charge in [-0.25, -0.2) is 0 Å². The third kappa shape index (κ3) is 4.86. The van der Waals surface area contributed by atoms with E-state index in [-0.39, 0.29) is 11.8 Å². The van der Waals surface area contributed by atoms with E-state index in [1.807, 2.05) is 67.7 Å². The van der Waals surface area contributed by atoms with Gasteiger partial charge in [0.1, 0.15) is 5.00 Å². The fourth-order valence-corrected chi connectivity index (χ4v) is 5.48. The number of benzene rings is 1. The van der Waals surface area contributed by atoms with Crippen molar-refractivity contribution >= 4 is 28.2 Å². The van der Waals surface area contributed by atoms with Crippen molar-refractivity contribution in [2.45, 2.75) is 33.6 Å². The monoisotopic (exact) mass is 466 g/mol. The standard InChI is InChI=1S/C25H30N4O3S/c1-16-22(25(31)29-12-14-32-15-13-29)24(33-23(16)19-8-6-5-7-9-19)26-21(30)11-10-20-17(2)27-28(4)18(20)3/h5-9H,10-15H2,1-4H3,(H,26,30). The molecule has 2 amide bonds. The van der Waals surface area contributed by atoms with E-state index in [1.54, 1.807) is 0 Å². The van der Waals surface area contributed by atoms with Crippen LogP contribution in [0.2, 0.25) is 0 Å². The topological polar surface area (TPSA) is 76.5 Å². The number of rotatable bonds is 6. The number of aryl methyl sites for hydroxylation is 2. The first-order chi connectivity index (χ1) is 15.9. The second-order valence-electron chi connectivity index (χ2n) is 8.35. The van der Waals surface area contributed by atoms with Crippen LogP contribution in [0.1, 0.15) is 39.3 Å². The lowest BCUT2D eigenvalue weighted by molar-refractivity contribution is -0.116. The molecule has 0 atom stereocenters. The molecule has 1 fully saturated rings. The fraction of sp³-hybridized carbons (Fsp3) is 0.400. The Balaban J connectivity index is 1.60. The van der Waals surface area contributed by atoms with Gasteiger partial charge >= 0.3 is 0 Å². The molecule has 3 heterocycles. The van der Waals surface area contributed by atoms with E-state index < -0.39 is 0 Å². The number of thiophene rings is 1. The van der Waals surface area contributed by atoms with Gasteiger partial charge in [0.15, 0.2) is 0 Å². The normalized spacial score (nSPS) is 13.9. The molecule has 1 saturated heterocycles. The zero-order valence-electron chi connectivity index (χ0n) is 19.6. The highest BCUT2D eigenvalue weighted by molar-refractivity contribution is 7.20. The van der Waals surface area contributed by atoms with Crippen molar-refractivity contribution in [3.63, 3.8) is 0 Å². The lowest BCUT2D eigenvalue weighted by Crippen LogP contribution is -2.41. The van der Waals surface area contributed by atoms with Gasteiger partial charge in [0.05, 0.1) is 24.5 Å². The van der Waals surface area contributed by atoms with E-state index in [1.165, 1.54) is 11.3 Å². The molecule has 2 aromatic heterocycles. The molecule has 0 bridgehead atoms. The van der Waals surface area contributed by atoms with Crippen molar-refractivity contribution < 1.29 is 14.3 Å². The number of anilines is 1. The van der Waals surface area contributed by atoms with Crippen molar-refractivity contribution in [1.29, 1.82) is 0 Å². The van der Waals surface area contributed by atoms with Crippen molar-refractivity contribution in [2.24, 2.45) is 7.05 Å². The molecule has 0 aliphatic carbocycles. The Labute approximate surface area is 198 Å². The number of nitrogens with one attached hydrogen (secondary N) is 1. The molecule has 0 spiro atoms. The maximum Gasteiger partial charge on any atom is 0.257 e. The summed E-state index contributed by atoms with van der Waals surface area (Å²) in [6.45, 7) is 8.13. The summed E-state index contributed by atoms with van der Waals surface area (Å²) < 4.78 is 7.26. The SMILES string of the molecule is Cc1nn(C)c(C)c1CCC(=O)Nc1sc(-c2ccccc2)c(C)c1C(=O)N1CCOCC1. The van der Waals surface area contributed by atoms with E-state index in [0.717, 1.165) is 33.0 Å². The second kappa shape index (κ2) is 9.89. The number of carbonyl (C=O) groups excluding carboxylic acids is 2. The number of nitrogens with zero attached hydrogens (tertiary/aromatic N) is 3. The van der Waals surface area contributed by atoms with Gasteiger partial charge < -0.3 is 15.0 Å². The number of aromatic nitrogens is 2. The summed E-state index contributed by atoms with van der Waals surface area (Å²) >= 11 is 1.46. The number of amides is 2. The Bertz CT molecular complexity index is 1160. The van der Waals surface area contributed by atoms with Crippen LogP contribution < -0.4 is 5.32 Å². The molecule has 1 aliphatic rings. The maximum atomic E-state index is 13.5. The van der Waals surface area contributed by atoms with E-state index >= 15 is 0 Å². The second-order valence-corrected chi connectivity index (χ2v) is 9.37. The summed E-state index contributed by atoms with van der Waals surface area (Å²) in [5.74, 6) is -0.155. The molecule has 1 N–H and O–H groups in total. The molecule has 8 heteroatoms. The van der Waals surface area contributed by atoms with Crippen molar-refractivity contribution in [2.75, 3.05) is 31.6 Å². The van der Waals surface area contributed by atoms with Crippen LogP contribution in [0.5, 0.6) is 0 Å². The quantitative estimate of drug-likeness (QED) is 0.593. The van der Waals surface area contributed by atoms with Gasteiger partial charge in [0, 0.05) is 37.1 Å². The lowest BCUT2D eigenvalue weighted by atomic mass is 10.1. The van der Waals surface area contributed by atoms with Crippen LogP contribution in [0.4, 0.5) is 5.00 Å². The Kier molecular flexibility index (Phi) is 6.95. The smallest absolute Gasteiger partial charge is 0.257 e. The Morgan fingerprint density at radius 2 is 1.82 bits per heavy atom. The molecule has 7 nitrogen and oxygen atoms in total. The molecule has 0 radical (unpaired) electrons. The molecule has 3 aromatic rings. The molecule has 33 heavy (non-hydrogen) atoms. The highest BCUT2D eigenvalue weighted by Gasteiger charge is 2.28. The zero-order chi connectivity index (χ0) is 23.5. The van der Waals surface area contributed by atoms with Gasteiger partial charge in [-0.3, -0.25) is 14.3 Å². The summed E-state index contributed by atoms with van der Waals surface area (Å²) in [4.78, 5) is 29.2. The van der Waals surface area contributed by atoms with Gasteiger partial charge in [-0.2, -0.15) is 5.10 Å². The molecule has 174 valence electrons. The maximum absolute atomic E-state index is 13.5. The van der Waals surface area contributed by atoms with Crippen LogP contribution >= 0.6 is 11.3 Å². The lowest BCUT2D eigenvalue weighted by Gasteiger charge is -2.27. The van der Waals surface area contributed by atoms with Crippen molar-refractivity contribution in [3.8, 4) is 10.4 Å². The van der Waals surface area contributed by atoms with Gasteiger partial charge in [-0.1, -0.05) is 30.3 Å². The summed E-state index contributed by atoms with van der Waals surface area (Å²) in [7, 11) is 1.91. The van der Waals surface area contributed by atoms with Crippen LogP contribution in [0.25, 0.3) is 10.4 Å².